The highest BCUT2D eigenvalue weighted by molar-refractivity contribution is 5.78. The Kier molecular flexibility index (Phi) is 3.52. The van der Waals surface area contributed by atoms with Crippen LogP contribution >= 0.6 is 0 Å². The van der Waals surface area contributed by atoms with Crippen LogP contribution in [0.4, 0.5) is 5.69 Å². The number of amides is 1. The van der Waals surface area contributed by atoms with Crippen molar-refractivity contribution in [1.29, 1.82) is 0 Å². The summed E-state index contributed by atoms with van der Waals surface area (Å²) >= 11 is 0. The molecule has 0 aliphatic heterocycles. The predicted molar refractivity (Wildman–Crippen MR) is 66.8 cm³/mol. The van der Waals surface area contributed by atoms with E-state index in [0.29, 0.717) is 17.5 Å². The number of nitrogens with zero attached hydrogens (tertiary/aromatic N) is 1. The minimum absolute atomic E-state index is 0.0400. The zero-order valence-electron chi connectivity index (χ0n) is 10.1. The summed E-state index contributed by atoms with van der Waals surface area (Å²) in [6.07, 6.45) is 2.24. The quantitative estimate of drug-likeness (QED) is 0.788. The first-order valence-electron chi connectivity index (χ1n) is 5.99. The van der Waals surface area contributed by atoms with Crippen LogP contribution in [0, 0.1) is 0 Å². The van der Waals surface area contributed by atoms with Crippen molar-refractivity contribution < 1.29 is 9.53 Å². The average molecular weight is 234 g/mol. The molecule has 2 rings (SSSR count). The first-order chi connectivity index (χ1) is 8.22. The number of anilines is 1. The summed E-state index contributed by atoms with van der Waals surface area (Å²) in [7, 11) is 0. The molecule has 0 bridgehead atoms. The molecule has 17 heavy (non-hydrogen) atoms. The number of hydrogen-bond acceptors (Lipinski definition) is 3. The van der Waals surface area contributed by atoms with Crippen LogP contribution in [0.15, 0.2) is 24.3 Å². The van der Waals surface area contributed by atoms with Crippen LogP contribution < -0.4 is 10.5 Å². The van der Waals surface area contributed by atoms with Crippen LogP contribution in [0.5, 0.6) is 5.75 Å². The lowest BCUT2D eigenvalue weighted by atomic mass is 10.3. The Morgan fingerprint density at radius 3 is 2.76 bits per heavy atom. The van der Waals surface area contributed by atoms with E-state index in [1.54, 1.807) is 12.1 Å². The predicted octanol–water partition coefficient (Wildman–Crippen LogP) is 1.66. The van der Waals surface area contributed by atoms with Crippen molar-refractivity contribution in [3.05, 3.63) is 24.3 Å². The molecule has 0 saturated heterocycles. The number of likely N-dealkylation sites (N-methyl/N-ethyl adjacent to an activating group) is 1. The zero-order valence-corrected chi connectivity index (χ0v) is 10.1. The average Bonchev–Trinajstić information content (AvgIpc) is 3.13. The van der Waals surface area contributed by atoms with Crippen LogP contribution in [0.25, 0.3) is 0 Å². The molecule has 0 unspecified atom stereocenters. The van der Waals surface area contributed by atoms with Crippen molar-refractivity contribution in [3.63, 3.8) is 0 Å². The van der Waals surface area contributed by atoms with Crippen LogP contribution in [-0.2, 0) is 4.79 Å². The minimum atomic E-state index is 0.0400. The Bertz CT molecular complexity index is 402. The summed E-state index contributed by atoms with van der Waals surface area (Å²) in [6, 6.07) is 7.65. The minimum Gasteiger partial charge on any atom is -0.482 e. The molecule has 1 aromatic rings. The second-order valence-electron chi connectivity index (χ2n) is 4.24. The highest BCUT2D eigenvalue weighted by Crippen LogP contribution is 2.27. The molecule has 92 valence electrons. The number of hydrogen-bond donors (Lipinski definition) is 1. The fourth-order valence-corrected chi connectivity index (χ4v) is 1.86. The molecule has 1 fully saturated rings. The maximum atomic E-state index is 11.9. The van der Waals surface area contributed by atoms with E-state index in [1.807, 2.05) is 24.0 Å². The Morgan fingerprint density at radius 1 is 1.47 bits per heavy atom. The zero-order chi connectivity index (χ0) is 12.3. The van der Waals surface area contributed by atoms with Gasteiger partial charge in [0.1, 0.15) is 5.75 Å². The van der Waals surface area contributed by atoms with E-state index in [1.165, 1.54) is 0 Å². The van der Waals surface area contributed by atoms with Crippen LogP contribution in [-0.4, -0.2) is 30.0 Å². The van der Waals surface area contributed by atoms with Crippen LogP contribution in [0.2, 0.25) is 0 Å². The molecular weight excluding hydrogens is 216 g/mol. The van der Waals surface area contributed by atoms with Crippen molar-refractivity contribution in [2.45, 2.75) is 25.8 Å². The molecule has 2 N–H and O–H groups in total. The standard InChI is InChI=1S/C13H18N2O2/c1-2-15(10-7-8-10)13(16)9-17-12-6-4-3-5-11(12)14/h3-6,10H,2,7-9,14H2,1H3. The molecule has 0 aromatic heterocycles. The lowest BCUT2D eigenvalue weighted by Crippen LogP contribution is -2.36. The third-order valence-electron chi connectivity index (χ3n) is 2.92. The summed E-state index contributed by atoms with van der Waals surface area (Å²) in [5.41, 5.74) is 6.30. The smallest absolute Gasteiger partial charge is 0.260 e. The van der Waals surface area contributed by atoms with E-state index in [0.717, 1.165) is 19.4 Å². The second-order valence-corrected chi connectivity index (χ2v) is 4.24. The number of benzene rings is 1. The lowest BCUT2D eigenvalue weighted by Gasteiger charge is -2.20. The van der Waals surface area contributed by atoms with Gasteiger partial charge in [-0.15, -0.1) is 0 Å². The summed E-state index contributed by atoms with van der Waals surface area (Å²) in [4.78, 5) is 13.8. The van der Waals surface area contributed by atoms with Crippen molar-refractivity contribution in [1.82, 2.24) is 4.90 Å². The van der Waals surface area contributed by atoms with Crippen LogP contribution in [0.1, 0.15) is 19.8 Å². The van der Waals surface area contributed by atoms with E-state index in [-0.39, 0.29) is 12.5 Å². The number of rotatable bonds is 5. The van der Waals surface area contributed by atoms with E-state index in [9.17, 15) is 4.79 Å². The summed E-state index contributed by atoms with van der Waals surface area (Å²) in [5, 5.41) is 0. The summed E-state index contributed by atoms with van der Waals surface area (Å²) in [5.74, 6) is 0.617. The van der Waals surface area contributed by atoms with Gasteiger partial charge < -0.3 is 15.4 Å². The van der Waals surface area contributed by atoms with Gasteiger partial charge >= 0.3 is 0 Å². The monoisotopic (exact) mass is 234 g/mol. The van der Waals surface area contributed by atoms with Gasteiger partial charge in [0.25, 0.3) is 5.91 Å². The van der Waals surface area contributed by atoms with Gasteiger partial charge in [-0.05, 0) is 31.9 Å². The maximum absolute atomic E-state index is 11.9. The van der Waals surface area contributed by atoms with Gasteiger partial charge in [0.2, 0.25) is 0 Å². The molecule has 0 heterocycles. The van der Waals surface area contributed by atoms with Crippen molar-refractivity contribution in [3.8, 4) is 5.75 Å². The normalized spacial score (nSPS) is 14.4. The number of carbonyl (C=O) groups is 1. The van der Waals surface area contributed by atoms with Crippen molar-refractivity contribution in [2.75, 3.05) is 18.9 Å². The first-order valence-corrected chi connectivity index (χ1v) is 5.99. The Morgan fingerprint density at radius 2 is 2.18 bits per heavy atom. The van der Waals surface area contributed by atoms with Gasteiger partial charge in [0.05, 0.1) is 5.69 Å². The molecule has 0 atom stereocenters. The molecular formula is C13H18N2O2. The Labute approximate surface area is 101 Å². The molecule has 1 aliphatic carbocycles. The number of nitrogens with two attached hydrogens (primary N) is 1. The molecule has 1 amide bonds. The summed E-state index contributed by atoms with van der Waals surface area (Å²) in [6.45, 7) is 2.81. The molecule has 4 nitrogen and oxygen atoms in total. The third-order valence-corrected chi connectivity index (χ3v) is 2.92. The number of carbonyl (C=O) groups excluding carboxylic acids is 1. The number of para-hydroxylation sites is 2. The molecule has 0 radical (unpaired) electrons. The molecule has 1 saturated carbocycles. The van der Waals surface area contributed by atoms with E-state index in [4.69, 9.17) is 10.5 Å². The Hall–Kier alpha value is -1.71. The van der Waals surface area contributed by atoms with E-state index in [2.05, 4.69) is 0 Å². The van der Waals surface area contributed by atoms with Crippen molar-refractivity contribution in [2.24, 2.45) is 0 Å². The molecule has 1 aliphatic rings. The second kappa shape index (κ2) is 5.08. The highest BCUT2D eigenvalue weighted by atomic mass is 16.5. The van der Waals surface area contributed by atoms with Crippen LogP contribution in [0.3, 0.4) is 0 Å². The van der Waals surface area contributed by atoms with Crippen molar-refractivity contribution >= 4 is 11.6 Å². The van der Waals surface area contributed by atoms with Gasteiger partial charge in [-0.25, -0.2) is 0 Å². The number of ether oxygens (including phenoxy) is 1. The van der Waals surface area contributed by atoms with Gasteiger partial charge in [-0.2, -0.15) is 0 Å². The van der Waals surface area contributed by atoms with Gasteiger partial charge in [-0.3, -0.25) is 4.79 Å². The van der Waals surface area contributed by atoms with E-state index < -0.39 is 0 Å². The van der Waals surface area contributed by atoms with Gasteiger partial charge in [-0.1, -0.05) is 12.1 Å². The van der Waals surface area contributed by atoms with Gasteiger partial charge in [0, 0.05) is 12.6 Å². The maximum Gasteiger partial charge on any atom is 0.260 e. The fourth-order valence-electron chi connectivity index (χ4n) is 1.86. The van der Waals surface area contributed by atoms with Gasteiger partial charge in [0.15, 0.2) is 6.61 Å². The third kappa shape index (κ3) is 2.90. The Balaban J connectivity index is 1.89. The van der Waals surface area contributed by atoms with E-state index >= 15 is 0 Å². The SMILES string of the molecule is CCN(C(=O)COc1ccccc1N)C1CC1. The topological polar surface area (TPSA) is 55.6 Å². The summed E-state index contributed by atoms with van der Waals surface area (Å²) < 4.78 is 5.44. The largest absolute Gasteiger partial charge is 0.482 e. The molecule has 1 aromatic carbocycles. The first kappa shape index (κ1) is 11.8. The molecule has 4 heteroatoms. The number of nitrogen functional groups attached to an aromatic ring is 1. The highest BCUT2D eigenvalue weighted by Gasteiger charge is 2.31. The fraction of sp³-hybridized carbons (Fsp3) is 0.462. The molecule has 0 spiro atoms. The lowest BCUT2D eigenvalue weighted by molar-refractivity contribution is -0.133.